The second-order valence-electron chi connectivity index (χ2n) is 7.20. The van der Waals surface area contributed by atoms with Crippen LogP contribution in [0.4, 0.5) is 0 Å². The number of unbranched alkanes of at least 4 members (excludes halogenated alkanes) is 9. The van der Waals surface area contributed by atoms with Crippen LogP contribution < -0.4 is 5.32 Å². The molecule has 2 heteroatoms. The van der Waals surface area contributed by atoms with Crippen LogP contribution >= 0.6 is 0 Å². The van der Waals surface area contributed by atoms with Gasteiger partial charge in [-0.3, -0.25) is 4.90 Å². The monoisotopic (exact) mass is 296 g/mol. The third-order valence-electron chi connectivity index (χ3n) is 5.37. The van der Waals surface area contributed by atoms with E-state index < -0.39 is 0 Å². The number of hydrogen-bond acceptors (Lipinski definition) is 2. The van der Waals surface area contributed by atoms with Gasteiger partial charge in [0, 0.05) is 25.2 Å². The molecule has 0 radical (unpaired) electrons. The van der Waals surface area contributed by atoms with Crippen LogP contribution in [0.2, 0.25) is 0 Å². The molecule has 126 valence electrons. The Balaban J connectivity index is 1.96. The summed E-state index contributed by atoms with van der Waals surface area (Å²) in [5, 5.41) is 3.55. The molecule has 0 bridgehead atoms. The summed E-state index contributed by atoms with van der Waals surface area (Å²) < 4.78 is 0. The summed E-state index contributed by atoms with van der Waals surface area (Å²) in [6, 6.07) is 0. The molecule has 1 N–H and O–H groups in total. The number of rotatable bonds is 12. The lowest BCUT2D eigenvalue weighted by Gasteiger charge is -2.45. The Kier molecular flexibility index (Phi) is 10.4. The van der Waals surface area contributed by atoms with E-state index in [0.717, 1.165) is 0 Å². The van der Waals surface area contributed by atoms with Gasteiger partial charge in [0.15, 0.2) is 0 Å². The highest BCUT2D eigenvalue weighted by Crippen LogP contribution is 2.21. The average molecular weight is 297 g/mol. The third-order valence-corrected chi connectivity index (χ3v) is 5.37. The van der Waals surface area contributed by atoms with E-state index >= 15 is 0 Å². The number of piperazine rings is 1. The third kappa shape index (κ3) is 7.65. The second kappa shape index (κ2) is 11.5. The highest BCUT2D eigenvalue weighted by atomic mass is 15.2. The number of nitrogens with one attached hydrogen (secondary N) is 1. The molecule has 2 nitrogen and oxygen atoms in total. The van der Waals surface area contributed by atoms with Gasteiger partial charge < -0.3 is 5.32 Å². The van der Waals surface area contributed by atoms with E-state index in [1.165, 1.54) is 96.8 Å². The molecule has 1 aliphatic rings. The molecule has 21 heavy (non-hydrogen) atoms. The molecule has 1 fully saturated rings. The quantitative estimate of drug-likeness (QED) is 0.511. The fourth-order valence-electron chi connectivity index (χ4n) is 3.47. The lowest BCUT2D eigenvalue weighted by molar-refractivity contribution is 0.0695. The molecule has 1 rings (SSSR count). The molecule has 0 spiro atoms. The van der Waals surface area contributed by atoms with E-state index in [2.05, 4.69) is 31.0 Å². The molecule has 1 aliphatic heterocycles. The topological polar surface area (TPSA) is 15.3 Å². The van der Waals surface area contributed by atoms with Crippen LogP contribution in [0.15, 0.2) is 0 Å². The van der Waals surface area contributed by atoms with Crippen molar-refractivity contribution in [2.45, 2.75) is 96.9 Å². The Labute approximate surface area is 134 Å². The van der Waals surface area contributed by atoms with Crippen molar-refractivity contribution >= 4 is 0 Å². The lowest BCUT2D eigenvalue weighted by atomic mass is 9.93. The van der Waals surface area contributed by atoms with Gasteiger partial charge in [-0.2, -0.15) is 0 Å². The minimum absolute atomic E-state index is 0.400. The van der Waals surface area contributed by atoms with Crippen LogP contribution in [0.25, 0.3) is 0 Å². The Hall–Kier alpha value is -0.0800. The SMILES string of the molecule is CCCCCCCCCCCCN1CCNCC1(C)CC. The lowest BCUT2D eigenvalue weighted by Crippen LogP contribution is -2.59. The first-order chi connectivity index (χ1) is 10.2. The first kappa shape index (κ1) is 19.0. The second-order valence-corrected chi connectivity index (χ2v) is 7.20. The summed E-state index contributed by atoms with van der Waals surface area (Å²) in [5.41, 5.74) is 0.400. The van der Waals surface area contributed by atoms with Gasteiger partial charge in [-0.15, -0.1) is 0 Å². The van der Waals surface area contributed by atoms with Crippen molar-refractivity contribution in [1.82, 2.24) is 10.2 Å². The number of nitrogens with zero attached hydrogens (tertiary/aromatic N) is 1. The van der Waals surface area contributed by atoms with Gasteiger partial charge in [0.2, 0.25) is 0 Å². The molecular weight excluding hydrogens is 256 g/mol. The molecule has 0 saturated carbocycles. The Morgan fingerprint density at radius 2 is 1.43 bits per heavy atom. The van der Waals surface area contributed by atoms with Gasteiger partial charge in [0.1, 0.15) is 0 Å². The van der Waals surface area contributed by atoms with E-state index in [9.17, 15) is 0 Å². The van der Waals surface area contributed by atoms with E-state index in [0.29, 0.717) is 5.54 Å². The van der Waals surface area contributed by atoms with E-state index in [1.807, 2.05) is 0 Å². The van der Waals surface area contributed by atoms with Crippen LogP contribution in [0.1, 0.15) is 91.4 Å². The van der Waals surface area contributed by atoms with E-state index in [-0.39, 0.29) is 0 Å². The highest BCUT2D eigenvalue weighted by molar-refractivity contribution is 4.90. The van der Waals surface area contributed by atoms with Gasteiger partial charge in [0.05, 0.1) is 0 Å². The number of hydrogen-bond donors (Lipinski definition) is 1. The molecule has 0 aliphatic carbocycles. The van der Waals surface area contributed by atoms with Crippen LogP contribution in [0.5, 0.6) is 0 Å². The zero-order chi connectivity index (χ0) is 15.4. The van der Waals surface area contributed by atoms with Gasteiger partial charge in [0.25, 0.3) is 0 Å². The molecule has 0 aromatic carbocycles. The summed E-state index contributed by atoms with van der Waals surface area (Å²) in [6.07, 6.45) is 15.6. The highest BCUT2D eigenvalue weighted by Gasteiger charge is 2.31. The van der Waals surface area contributed by atoms with Crippen LogP contribution in [0.3, 0.4) is 0 Å². The van der Waals surface area contributed by atoms with Crippen LogP contribution in [0, 0.1) is 0 Å². The maximum atomic E-state index is 3.55. The summed E-state index contributed by atoms with van der Waals surface area (Å²) >= 11 is 0. The largest absolute Gasteiger partial charge is 0.314 e. The Morgan fingerprint density at radius 3 is 2.00 bits per heavy atom. The maximum absolute atomic E-state index is 3.55. The van der Waals surface area contributed by atoms with Crippen molar-refractivity contribution in [2.75, 3.05) is 26.2 Å². The normalized spacial score (nSPS) is 23.6. The zero-order valence-electron chi connectivity index (χ0n) is 15.1. The van der Waals surface area contributed by atoms with Crippen molar-refractivity contribution in [3.05, 3.63) is 0 Å². The summed E-state index contributed by atoms with van der Waals surface area (Å²) in [6.45, 7) is 11.9. The molecule has 0 amide bonds. The van der Waals surface area contributed by atoms with E-state index in [4.69, 9.17) is 0 Å². The minimum Gasteiger partial charge on any atom is -0.314 e. The molecular formula is C19H40N2. The molecule has 0 aromatic heterocycles. The fourth-order valence-corrected chi connectivity index (χ4v) is 3.47. The average Bonchev–Trinajstić information content (AvgIpc) is 2.51. The van der Waals surface area contributed by atoms with Crippen molar-refractivity contribution in [3.8, 4) is 0 Å². The van der Waals surface area contributed by atoms with Gasteiger partial charge >= 0.3 is 0 Å². The smallest absolute Gasteiger partial charge is 0.0303 e. The maximum Gasteiger partial charge on any atom is 0.0303 e. The predicted molar refractivity (Wildman–Crippen MR) is 95.0 cm³/mol. The summed E-state index contributed by atoms with van der Waals surface area (Å²) in [5.74, 6) is 0. The van der Waals surface area contributed by atoms with Crippen molar-refractivity contribution in [1.29, 1.82) is 0 Å². The summed E-state index contributed by atoms with van der Waals surface area (Å²) in [4.78, 5) is 2.73. The Bertz CT molecular complexity index is 242. The van der Waals surface area contributed by atoms with Crippen molar-refractivity contribution in [2.24, 2.45) is 0 Å². The molecule has 0 aromatic rings. The van der Waals surface area contributed by atoms with Crippen LogP contribution in [-0.4, -0.2) is 36.6 Å². The first-order valence-corrected chi connectivity index (χ1v) is 9.68. The predicted octanol–water partition coefficient (Wildman–Crippen LogP) is 4.98. The van der Waals surface area contributed by atoms with E-state index in [1.54, 1.807) is 0 Å². The minimum atomic E-state index is 0.400. The molecule has 1 saturated heterocycles. The van der Waals surface area contributed by atoms with Gasteiger partial charge in [-0.05, 0) is 26.3 Å². The standard InChI is InChI=1S/C19H40N2/c1-4-6-7-8-9-10-11-12-13-14-16-21-17-15-20-18-19(21,3)5-2/h20H,4-18H2,1-3H3. The Morgan fingerprint density at radius 1 is 0.857 bits per heavy atom. The molecule has 1 heterocycles. The van der Waals surface area contributed by atoms with Crippen molar-refractivity contribution in [3.63, 3.8) is 0 Å². The van der Waals surface area contributed by atoms with Crippen molar-refractivity contribution < 1.29 is 0 Å². The first-order valence-electron chi connectivity index (χ1n) is 9.68. The van der Waals surface area contributed by atoms with Crippen LogP contribution in [-0.2, 0) is 0 Å². The fraction of sp³-hybridized carbons (Fsp3) is 1.00. The summed E-state index contributed by atoms with van der Waals surface area (Å²) in [7, 11) is 0. The molecule has 1 atom stereocenters. The van der Waals surface area contributed by atoms with Gasteiger partial charge in [-0.25, -0.2) is 0 Å². The molecule has 1 unspecified atom stereocenters. The zero-order valence-corrected chi connectivity index (χ0v) is 15.1. The van der Waals surface area contributed by atoms with Gasteiger partial charge in [-0.1, -0.05) is 71.6 Å².